The van der Waals surface area contributed by atoms with Gasteiger partial charge in [-0.1, -0.05) is 37.3 Å². The molecule has 0 aliphatic rings. The highest BCUT2D eigenvalue weighted by Crippen LogP contribution is 2.12. The number of para-hydroxylation sites is 3. The fourth-order valence-corrected chi connectivity index (χ4v) is 2.31. The number of hydrogen-bond donors (Lipinski definition) is 1. The molecule has 0 saturated carbocycles. The van der Waals surface area contributed by atoms with Crippen LogP contribution in [-0.4, -0.2) is 27.9 Å². The predicted octanol–water partition coefficient (Wildman–Crippen LogP) is 3.20. The summed E-state index contributed by atoms with van der Waals surface area (Å²) in [4.78, 5) is 33.0. The van der Waals surface area contributed by atoms with Crippen LogP contribution in [0.1, 0.15) is 23.8 Å². The Balaban J connectivity index is 1.71. The quantitative estimate of drug-likeness (QED) is 0.724. The molecule has 1 heterocycles. The van der Waals surface area contributed by atoms with E-state index < -0.39 is 12.1 Å². The summed E-state index contributed by atoms with van der Waals surface area (Å²) in [6.07, 6.45) is 0.804. The number of nitrogens with zero attached hydrogens (tertiary/aromatic N) is 2. The Morgan fingerprint density at radius 3 is 2.44 bits per heavy atom. The van der Waals surface area contributed by atoms with E-state index in [0.29, 0.717) is 23.1 Å². The summed E-state index contributed by atoms with van der Waals surface area (Å²) in [5.74, 6) is -1.05. The molecule has 126 valence electrons. The standard InChI is InChI=1S/C19H17N3O3/c1-2-17(18(23)21-13-8-4-3-5-9-13)25-19(24)16-12-20-14-10-6-7-11-15(14)22-16/h3-12,17H,2H2,1H3,(H,21,23). The highest BCUT2D eigenvalue weighted by molar-refractivity contribution is 5.97. The minimum absolute atomic E-state index is 0.0738. The van der Waals surface area contributed by atoms with E-state index >= 15 is 0 Å². The van der Waals surface area contributed by atoms with Crippen LogP contribution in [0.15, 0.2) is 60.8 Å². The van der Waals surface area contributed by atoms with Crippen molar-refractivity contribution in [2.75, 3.05) is 5.32 Å². The highest BCUT2D eigenvalue weighted by Gasteiger charge is 2.23. The number of esters is 1. The molecule has 2 aromatic carbocycles. The fourth-order valence-electron chi connectivity index (χ4n) is 2.31. The molecule has 1 unspecified atom stereocenters. The van der Waals surface area contributed by atoms with Crippen LogP contribution in [-0.2, 0) is 9.53 Å². The Morgan fingerprint density at radius 2 is 1.72 bits per heavy atom. The summed E-state index contributed by atoms with van der Waals surface area (Å²) in [5, 5.41) is 2.73. The second-order valence-electron chi connectivity index (χ2n) is 5.40. The number of carbonyl (C=O) groups excluding carboxylic acids is 2. The number of anilines is 1. The van der Waals surface area contributed by atoms with E-state index in [-0.39, 0.29) is 11.6 Å². The molecule has 6 heteroatoms. The minimum atomic E-state index is -0.902. The van der Waals surface area contributed by atoms with Gasteiger partial charge in [-0.15, -0.1) is 0 Å². The Labute approximate surface area is 144 Å². The maximum absolute atomic E-state index is 12.3. The lowest BCUT2D eigenvalue weighted by Gasteiger charge is -2.15. The van der Waals surface area contributed by atoms with Crippen molar-refractivity contribution in [2.24, 2.45) is 0 Å². The summed E-state index contributed by atoms with van der Waals surface area (Å²) in [6, 6.07) is 16.2. The Hall–Kier alpha value is -3.28. The third kappa shape index (κ3) is 3.98. The summed E-state index contributed by atoms with van der Waals surface area (Å²) >= 11 is 0. The average Bonchev–Trinajstić information content (AvgIpc) is 2.66. The molecule has 0 radical (unpaired) electrons. The van der Waals surface area contributed by atoms with Crippen LogP contribution >= 0.6 is 0 Å². The molecule has 3 rings (SSSR count). The van der Waals surface area contributed by atoms with E-state index in [1.54, 1.807) is 31.2 Å². The number of nitrogens with one attached hydrogen (secondary N) is 1. The molecule has 1 N–H and O–H groups in total. The maximum Gasteiger partial charge on any atom is 0.359 e. The third-order valence-electron chi connectivity index (χ3n) is 3.61. The molecule has 0 aliphatic heterocycles. The number of hydrogen-bond acceptors (Lipinski definition) is 5. The van der Waals surface area contributed by atoms with Gasteiger partial charge in [0.05, 0.1) is 17.2 Å². The Bertz CT molecular complexity index is 897. The van der Waals surface area contributed by atoms with Crippen LogP contribution in [0.5, 0.6) is 0 Å². The molecular weight excluding hydrogens is 318 g/mol. The van der Waals surface area contributed by atoms with Crippen LogP contribution in [0.2, 0.25) is 0 Å². The molecule has 0 aliphatic carbocycles. The smallest absolute Gasteiger partial charge is 0.359 e. The number of amides is 1. The number of carbonyl (C=O) groups is 2. The molecule has 0 bridgehead atoms. The van der Waals surface area contributed by atoms with E-state index in [1.165, 1.54) is 6.20 Å². The number of ether oxygens (including phenoxy) is 1. The lowest BCUT2D eigenvalue weighted by Crippen LogP contribution is -2.32. The van der Waals surface area contributed by atoms with Gasteiger partial charge in [-0.05, 0) is 30.7 Å². The van der Waals surface area contributed by atoms with E-state index in [4.69, 9.17) is 4.74 Å². The first kappa shape index (κ1) is 16.6. The van der Waals surface area contributed by atoms with E-state index in [0.717, 1.165) is 0 Å². The number of benzene rings is 2. The molecule has 1 amide bonds. The van der Waals surface area contributed by atoms with Gasteiger partial charge in [0, 0.05) is 5.69 Å². The molecule has 0 spiro atoms. The molecule has 0 saturated heterocycles. The molecule has 3 aromatic rings. The van der Waals surface area contributed by atoms with Gasteiger partial charge < -0.3 is 10.1 Å². The van der Waals surface area contributed by atoms with Crippen molar-refractivity contribution in [3.63, 3.8) is 0 Å². The van der Waals surface area contributed by atoms with Crippen molar-refractivity contribution in [3.05, 3.63) is 66.5 Å². The summed E-state index contributed by atoms with van der Waals surface area (Å²) < 4.78 is 5.32. The van der Waals surface area contributed by atoms with Gasteiger partial charge >= 0.3 is 5.97 Å². The third-order valence-corrected chi connectivity index (χ3v) is 3.61. The number of fused-ring (bicyclic) bond motifs is 1. The summed E-state index contributed by atoms with van der Waals surface area (Å²) in [7, 11) is 0. The van der Waals surface area contributed by atoms with E-state index in [9.17, 15) is 9.59 Å². The zero-order valence-corrected chi connectivity index (χ0v) is 13.7. The van der Waals surface area contributed by atoms with Crippen molar-refractivity contribution in [1.82, 2.24) is 9.97 Å². The van der Waals surface area contributed by atoms with Crippen molar-refractivity contribution in [2.45, 2.75) is 19.4 Å². The number of aromatic nitrogens is 2. The van der Waals surface area contributed by atoms with Gasteiger partial charge in [0.25, 0.3) is 5.91 Å². The monoisotopic (exact) mass is 335 g/mol. The lowest BCUT2D eigenvalue weighted by atomic mass is 10.2. The Morgan fingerprint density at radius 1 is 1.04 bits per heavy atom. The summed E-state index contributed by atoms with van der Waals surface area (Å²) in [5.41, 5.74) is 2.00. The molecule has 6 nitrogen and oxygen atoms in total. The van der Waals surface area contributed by atoms with Crippen molar-refractivity contribution in [1.29, 1.82) is 0 Å². The first-order chi connectivity index (χ1) is 12.2. The fraction of sp³-hybridized carbons (Fsp3) is 0.158. The minimum Gasteiger partial charge on any atom is -0.447 e. The van der Waals surface area contributed by atoms with Crippen molar-refractivity contribution < 1.29 is 14.3 Å². The first-order valence-electron chi connectivity index (χ1n) is 7.96. The van der Waals surface area contributed by atoms with Gasteiger partial charge in [-0.2, -0.15) is 0 Å². The molecule has 1 aromatic heterocycles. The van der Waals surface area contributed by atoms with Gasteiger partial charge in [-0.25, -0.2) is 9.78 Å². The maximum atomic E-state index is 12.3. The number of rotatable bonds is 5. The topological polar surface area (TPSA) is 81.2 Å². The van der Waals surface area contributed by atoms with E-state index in [2.05, 4.69) is 15.3 Å². The van der Waals surface area contributed by atoms with Crippen LogP contribution < -0.4 is 5.32 Å². The second-order valence-corrected chi connectivity index (χ2v) is 5.40. The van der Waals surface area contributed by atoms with Crippen LogP contribution in [0.25, 0.3) is 11.0 Å². The second kappa shape index (κ2) is 7.53. The molecular formula is C19H17N3O3. The van der Waals surface area contributed by atoms with Gasteiger partial charge in [-0.3, -0.25) is 9.78 Å². The van der Waals surface area contributed by atoms with Crippen LogP contribution in [0.4, 0.5) is 5.69 Å². The lowest BCUT2D eigenvalue weighted by molar-refractivity contribution is -0.124. The van der Waals surface area contributed by atoms with Gasteiger partial charge in [0.2, 0.25) is 0 Å². The zero-order chi connectivity index (χ0) is 17.6. The molecule has 0 fully saturated rings. The van der Waals surface area contributed by atoms with Gasteiger partial charge in [0.1, 0.15) is 0 Å². The highest BCUT2D eigenvalue weighted by atomic mass is 16.5. The first-order valence-corrected chi connectivity index (χ1v) is 7.96. The summed E-state index contributed by atoms with van der Waals surface area (Å²) in [6.45, 7) is 1.77. The van der Waals surface area contributed by atoms with Crippen molar-refractivity contribution in [3.8, 4) is 0 Å². The van der Waals surface area contributed by atoms with Crippen LogP contribution in [0.3, 0.4) is 0 Å². The average molecular weight is 335 g/mol. The molecule has 1 atom stereocenters. The Kier molecular flexibility index (Phi) is 4.99. The largest absolute Gasteiger partial charge is 0.447 e. The van der Waals surface area contributed by atoms with Crippen LogP contribution in [0, 0.1) is 0 Å². The predicted molar refractivity (Wildman–Crippen MR) is 94.1 cm³/mol. The van der Waals surface area contributed by atoms with E-state index in [1.807, 2.05) is 30.3 Å². The molecule has 25 heavy (non-hydrogen) atoms. The normalized spacial score (nSPS) is 11.7. The zero-order valence-electron chi connectivity index (χ0n) is 13.7. The SMILES string of the molecule is CCC(OC(=O)c1cnc2ccccc2n1)C(=O)Nc1ccccc1. The van der Waals surface area contributed by atoms with Crippen molar-refractivity contribution >= 4 is 28.6 Å². The van der Waals surface area contributed by atoms with Gasteiger partial charge in [0.15, 0.2) is 11.8 Å².